The Kier molecular flexibility index (Phi) is 6.24. The van der Waals surface area contributed by atoms with Gasteiger partial charge in [0, 0.05) is 36.9 Å². The third kappa shape index (κ3) is 4.77. The van der Waals surface area contributed by atoms with Gasteiger partial charge in [0.25, 0.3) is 5.91 Å². The molecule has 30 heavy (non-hydrogen) atoms. The van der Waals surface area contributed by atoms with Crippen LogP contribution in [0.4, 0.5) is 10.1 Å². The number of halogens is 1. The standard InChI is InChI=1S/C26H27FN2O/c1-20-7-9-21(10-8-20)19-28-17-15-25(16-18-28)29(24-5-3-2-4-6-24)26(30)22-11-13-23(27)14-12-22/h2-14,25H,15-19H2,1H3. The normalized spacial score (nSPS) is 15.1. The maximum Gasteiger partial charge on any atom is 0.258 e. The number of benzene rings is 3. The van der Waals surface area contributed by atoms with Gasteiger partial charge in [-0.05, 0) is 61.7 Å². The van der Waals surface area contributed by atoms with Crippen molar-refractivity contribution in [1.29, 1.82) is 0 Å². The van der Waals surface area contributed by atoms with Crippen LogP contribution in [0.2, 0.25) is 0 Å². The average Bonchev–Trinajstić information content (AvgIpc) is 2.78. The molecule has 1 aliphatic rings. The largest absolute Gasteiger partial charge is 0.305 e. The summed E-state index contributed by atoms with van der Waals surface area (Å²) in [7, 11) is 0. The summed E-state index contributed by atoms with van der Waals surface area (Å²) in [6.45, 7) is 4.92. The molecule has 0 N–H and O–H groups in total. The van der Waals surface area contributed by atoms with Crippen molar-refractivity contribution in [3.8, 4) is 0 Å². The predicted molar refractivity (Wildman–Crippen MR) is 119 cm³/mol. The summed E-state index contributed by atoms with van der Waals surface area (Å²) in [5, 5.41) is 0. The molecule has 1 aliphatic heterocycles. The highest BCUT2D eigenvalue weighted by Crippen LogP contribution is 2.26. The summed E-state index contributed by atoms with van der Waals surface area (Å²) in [5.41, 5.74) is 4.00. The van der Waals surface area contributed by atoms with E-state index in [2.05, 4.69) is 36.1 Å². The Bertz CT molecular complexity index is 962. The lowest BCUT2D eigenvalue weighted by Gasteiger charge is -2.38. The van der Waals surface area contributed by atoms with Gasteiger partial charge in [-0.2, -0.15) is 0 Å². The molecule has 1 saturated heterocycles. The van der Waals surface area contributed by atoms with Gasteiger partial charge in [0.1, 0.15) is 5.82 Å². The van der Waals surface area contributed by atoms with Crippen molar-refractivity contribution >= 4 is 11.6 Å². The summed E-state index contributed by atoms with van der Waals surface area (Å²) in [5.74, 6) is -0.402. The van der Waals surface area contributed by atoms with Crippen LogP contribution in [-0.4, -0.2) is 29.9 Å². The van der Waals surface area contributed by atoms with Crippen LogP contribution in [-0.2, 0) is 6.54 Å². The number of carbonyl (C=O) groups excluding carboxylic acids is 1. The van der Waals surface area contributed by atoms with Crippen molar-refractivity contribution in [2.45, 2.75) is 32.4 Å². The van der Waals surface area contributed by atoms with Gasteiger partial charge >= 0.3 is 0 Å². The molecule has 0 bridgehead atoms. The minimum atomic E-state index is -0.331. The molecule has 0 aliphatic carbocycles. The lowest BCUT2D eigenvalue weighted by molar-refractivity contribution is 0.0958. The van der Waals surface area contributed by atoms with Crippen molar-refractivity contribution in [2.75, 3.05) is 18.0 Å². The number of likely N-dealkylation sites (tertiary alicyclic amines) is 1. The van der Waals surface area contributed by atoms with Crippen LogP contribution in [0.5, 0.6) is 0 Å². The van der Waals surface area contributed by atoms with Crippen LogP contribution in [0.25, 0.3) is 0 Å². The molecule has 4 rings (SSSR count). The average molecular weight is 403 g/mol. The first-order chi connectivity index (χ1) is 14.6. The molecule has 1 fully saturated rings. The maximum atomic E-state index is 13.4. The van der Waals surface area contributed by atoms with E-state index in [0.717, 1.165) is 38.2 Å². The Labute approximate surface area is 177 Å². The molecule has 3 nitrogen and oxygen atoms in total. The fourth-order valence-corrected chi connectivity index (χ4v) is 4.10. The topological polar surface area (TPSA) is 23.6 Å². The van der Waals surface area contributed by atoms with Crippen LogP contribution in [0.1, 0.15) is 34.3 Å². The first-order valence-electron chi connectivity index (χ1n) is 10.5. The zero-order valence-electron chi connectivity index (χ0n) is 17.3. The number of rotatable bonds is 5. The Morgan fingerprint density at radius 3 is 2.20 bits per heavy atom. The molecule has 0 saturated carbocycles. The Hall–Kier alpha value is -2.98. The Morgan fingerprint density at radius 1 is 0.933 bits per heavy atom. The van der Waals surface area contributed by atoms with Gasteiger partial charge in [-0.25, -0.2) is 4.39 Å². The number of carbonyl (C=O) groups is 1. The number of anilines is 1. The Morgan fingerprint density at radius 2 is 1.57 bits per heavy atom. The molecular weight excluding hydrogens is 375 g/mol. The maximum absolute atomic E-state index is 13.4. The lowest BCUT2D eigenvalue weighted by Crippen LogP contribution is -2.47. The molecule has 154 valence electrons. The molecule has 1 amide bonds. The van der Waals surface area contributed by atoms with Gasteiger partial charge in [-0.3, -0.25) is 9.69 Å². The van der Waals surface area contributed by atoms with E-state index in [1.807, 2.05) is 35.2 Å². The third-order valence-electron chi connectivity index (χ3n) is 5.79. The number of hydrogen-bond donors (Lipinski definition) is 0. The van der Waals surface area contributed by atoms with E-state index < -0.39 is 0 Å². The zero-order chi connectivity index (χ0) is 20.9. The highest BCUT2D eigenvalue weighted by atomic mass is 19.1. The predicted octanol–water partition coefficient (Wildman–Crippen LogP) is 5.45. The number of nitrogens with zero attached hydrogens (tertiary/aromatic N) is 2. The Balaban J connectivity index is 1.49. The van der Waals surface area contributed by atoms with E-state index in [0.29, 0.717) is 5.56 Å². The molecule has 0 unspecified atom stereocenters. The molecule has 1 heterocycles. The number of piperidine rings is 1. The first-order valence-corrected chi connectivity index (χ1v) is 10.5. The van der Waals surface area contributed by atoms with E-state index in [1.54, 1.807) is 12.1 Å². The minimum absolute atomic E-state index is 0.0711. The van der Waals surface area contributed by atoms with Gasteiger partial charge in [0.05, 0.1) is 0 Å². The van der Waals surface area contributed by atoms with Crippen molar-refractivity contribution in [3.63, 3.8) is 0 Å². The third-order valence-corrected chi connectivity index (χ3v) is 5.79. The number of aryl methyl sites for hydroxylation is 1. The number of amides is 1. The molecule has 0 spiro atoms. The van der Waals surface area contributed by atoms with Gasteiger partial charge in [0.2, 0.25) is 0 Å². The highest BCUT2D eigenvalue weighted by molar-refractivity contribution is 6.06. The molecule has 0 atom stereocenters. The van der Waals surface area contributed by atoms with E-state index in [9.17, 15) is 9.18 Å². The fraction of sp³-hybridized carbons (Fsp3) is 0.269. The quantitative estimate of drug-likeness (QED) is 0.567. The summed E-state index contributed by atoms with van der Waals surface area (Å²) < 4.78 is 13.3. The second kappa shape index (κ2) is 9.23. The van der Waals surface area contributed by atoms with Gasteiger partial charge in [0.15, 0.2) is 0 Å². The van der Waals surface area contributed by atoms with Crippen molar-refractivity contribution < 1.29 is 9.18 Å². The lowest BCUT2D eigenvalue weighted by atomic mass is 10.00. The zero-order valence-corrected chi connectivity index (χ0v) is 17.3. The van der Waals surface area contributed by atoms with Gasteiger partial charge in [-0.15, -0.1) is 0 Å². The molecule has 3 aromatic rings. The summed E-state index contributed by atoms with van der Waals surface area (Å²) in [4.78, 5) is 17.7. The van der Waals surface area contributed by atoms with E-state index in [1.165, 1.54) is 23.3 Å². The van der Waals surface area contributed by atoms with Crippen LogP contribution in [0.3, 0.4) is 0 Å². The van der Waals surface area contributed by atoms with Crippen LogP contribution < -0.4 is 4.90 Å². The van der Waals surface area contributed by atoms with Gasteiger partial charge < -0.3 is 4.90 Å². The smallest absolute Gasteiger partial charge is 0.258 e. The summed E-state index contributed by atoms with van der Waals surface area (Å²) in [6.07, 6.45) is 1.82. The monoisotopic (exact) mass is 402 g/mol. The second-order valence-electron chi connectivity index (χ2n) is 8.01. The number of hydrogen-bond acceptors (Lipinski definition) is 2. The van der Waals surface area contributed by atoms with Crippen molar-refractivity contribution in [3.05, 3.63) is 101 Å². The molecule has 3 aromatic carbocycles. The van der Waals surface area contributed by atoms with E-state index in [4.69, 9.17) is 0 Å². The molecule has 4 heteroatoms. The SMILES string of the molecule is Cc1ccc(CN2CCC(N(C(=O)c3ccc(F)cc3)c3ccccc3)CC2)cc1. The van der Waals surface area contributed by atoms with Crippen LogP contribution in [0, 0.1) is 12.7 Å². The van der Waals surface area contributed by atoms with Crippen molar-refractivity contribution in [2.24, 2.45) is 0 Å². The number of para-hydroxylation sites is 1. The van der Waals surface area contributed by atoms with Crippen LogP contribution >= 0.6 is 0 Å². The van der Waals surface area contributed by atoms with Crippen LogP contribution in [0.15, 0.2) is 78.9 Å². The van der Waals surface area contributed by atoms with Crippen molar-refractivity contribution in [1.82, 2.24) is 4.90 Å². The molecular formula is C26H27FN2O. The molecule has 0 aromatic heterocycles. The summed E-state index contributed by atoms with van der Waals surface area (Å²) in [6, 6.07) is 24.4. The minimum Gasteiger partial charge on any atom is -0.305 e. The van der Waals surface area contributed by atoms with E-state index in [-0.39, 0.29) is 17.8 Å². The second-order valence-corrected chi connectivity index (χ2v) is 8.01. The summed E-state index contributed by atoms with van der Waals surface area (Å²) >= 11 is 0. The molecule has 0 radical (unpaired) electrons. The van der Waals surface area contributed by atoms with E-state index >= 15 is 0 Å². The highest BCUT2D eigenvalue weighted by Gasteiger charge is 2.29. The fourth-order valence-electron chi connectivity index (χ4n) is 4.10. The first kappa shape index (κ1) is 20.3. The van der Waals surface area contributed by atoms with Gasteiger partial charge in [-0.1, -0.05) is 48.0 Å².